The number of amides is 2. The lowest BCUT2D eigenvalue weighted by molar-refractivity contribution is -0.132. The van der Waals surface area contributed by atoms with Gasteiger partial charge in [0, 0.05) is 31.5 Å². The Morgan fingerprint density at radius 2 is 1.72 bits per heavy atom. The first-order chi connectivity index (χ1) is 17.3. The Morgan fingerprint density at radius 3 is 2.53 bits per heavy atom. The van der Waals surface area contributed by atoms with Crippen molar-refractivity contribution in [1.29, 1.82) is 0 Å². The van der Waals surface area contributed by atoms with Crippen molar-refractivity contribution in [2.45, 2.75) is 65.2 Å². The highest BCUT2D eigenvalue weighted by Crippen LogP contribution is 2.66. The fourth-order valence-electron chi connectivity index (χ4n) is 8.28. The number of rotatable bonds is 6. The third kappa shape index (κ3) is 4.57. The van der Waals surface area contributed by atoms with E-state index in [1.807, 2.05) is 36.4 Å². The lowest BCUT2D eigenvalue weighted by atomic mass is 9.47. The monoisotopic (exact) mass is 488 g/mol. The van der Waals surface area contributed by atoms with Crippen LogP contribution in [0.25, 0.3) is 6.08 Å². The van der Waals surface area contributed by atoms with E-state index in [0.29, 0.717) is 43.0 Å². The Kier molecular flexibility index (Phi) is 6.93. The SMILES string of the molecule is C[C@]12CC[C@H]3[C@@H](CCC4=CC(=O)CC[C@@]43C)[C@@H]1CC[C@@H]2C(=O)NCCNC(=O)/C=C/c1ccccc1. The van der Waals surface area contributed by atoms with Gasteiger partial charge in [0.15, 0.2) is 5.78 Å². The second kappa shape index (κ2) is 9.99. The van der Waals surface area contributed by atoms with Crippen molar-refractivity contribution in [3.63, 3.8) is 0 Å². The average molecular weight is 489 g/mol. The van der Waals surface area contributed by atoms with Gasteiger partial charge in [0.05, 0.1) is 0 Å². The van der Waals surface area contributed by atoms with Gasteiger partial charge in [0.2, 0.25) is 11.8 Å². The predicted octanol–water partition coefficient (Wildman–Crippen LogP) is 5.08. The summed E-state index contributed by atoms with van der Waals surface area (Å²) in [5, 5.41) is 5.98. The van der Waals surface area contributed by atoms with Crippen molar-refractivity contribution in [2.24, 2.45) is 34.5 Å². The normalized spacial score (nSPS) is 35.4. The summed E-state index contributed by atoms with van der Waals surface area (Å²) < 4.78 is 0. The van der Waals surface area contributed by atoms with Gasteiger partial charge in [0.1, 0.15) is 0 Å². The van der Waals surface area contributed by atoms with Crippen molar-refractivity contribution in [1.82, 2.24) is 10.6 Å². The van der Waals surface area contributed by atoms with Gasteiger partial charge in [-0.2, -0.15) is 0 Å². The lowest BCUT2D eigenvalue weighted by Crippen LogP contribution is -2.52. The largest absolute Gasteiger partial charge is 0.354 e. The van der Waals surface area contributed by atoms with Crippen molar-refractivity contribution >= 4 is 23.7 Å². The van der Waals surface area contributed by atoms with Crippen LogP contribution in [-0.2, 0) is 14.4 Å². The van der Waals surface area contributed by atoms with Crippen LogP contribution in [-0.4, -0.2) is 30.7 Å². The molecule has 0 aromatic heterocycles. The van der Waals surface area contributed by atoms with E-state index in [0.717, 1.165) is 50.5 Å². The fourth-order valence-corrected chi connectivity index (χ4v) is 8.28. The summed E-state index contributed by atoms with van der Waals surface area (Å²) in [4.78, 5) is 37.4. The number of allylic oxidation sites excluding steroid dienone is 1. The molecule has 2 N–H and O–H groups in total. The molecule has 2 amide bonds. The van der Waals surface area contributed by atoms with Crippen LogP contribution in [0.4, 0.5) is 0 Å². The summed E-state index contributed by atoms with van der Waals surface area (Å²) in [5.41, 5.74) is 2.60. The Hall–Kier alpha value is -2.69. The molecule has 192 valence electrons. The third-order valence-corrected chi connectivity index (χ3v) is 10.2. The Morgan fingerprint density at radius 1 is 0.944 bits per heavy atom. The van der Waals surface area contributed by atoms with Crippen molar-refractivity contribution < 1.29 is 14.4 Å². The molecule has 0 aliphatic heterocycles. The molecule has 0 spiro atoms. The maximum Gasteiger partial charge on any atom is 0.244 e. The standard InChI is InChI=1S/C31H40N2O3/c1-30-16-14-23(34)20-22(30)9-10-24-25-11-12-27(31(25,2)17-15-26(24)30)29(36)33-19-18-32-28(35)13-8-21-6-4-3-5-7-21/h3-8,13,20,24-27H,9-12,14-19H2,1-2H3,(H,32,35)(H,33,36)/b13-8+/t24-,25-,26-,27+,30-,31-/m0/s1. The van der Waals surface area contributed by atoms with Crippen LogP contribution in [0.3, 0.4) is 0 Å². The number of fused-ring (bicyclic) bond motifs is 5. The summed E-state index contributed by atoms with van der Waals surface area (Å²) in [6.45, 7) is 5.65. The number of carbonyl (C=O) groups excluding carboxylic acids is 3. The quantitative estimate of drug-likeness (QED) is 0.433. The molecule has 3 saturated carbocycles. The van der Waals surface area contributed by atoms with Crippen LogP contribution in [0, 0.1) is 34.5 Å². The smallest absolute Gasteiger partial charge is 0.244 e. The highest BCUT2D eigenvalue weighted by Gasteiger charge is 2.60. The molecule has 4 aliphatic rings. The van der Waals surface area contributed by atoms with Crippen molar-refractivity contribution in [2.75, 3.05) is 13.1 Å². The summed E-state index contributed by atoms with van der Waals surface area (Å²) in [7, 11) is 0. The van der Waals surface area contributed by atoms with E-state index in [4.69, 9.17) is 0 Å². The molecule has 0 radical (unpaired) electrons. The van der Waals surface area contributed by atoms with Crippen LogP contribution in [0.2, 0.25) is 0 Å². The molecule has 1 aromatic rings. The molecule has 36 heavy (non-hydrogen) atoms. The Bertz CT molecular complexity index is 1080. The highest BCUT2D eigenvalue weighted by molar-refractivity contribution is 5.92. The maximum absolute atomic E-state index is 13.3. The van der Waals surface area contributed by atoms with E-state index in [9.17, 15) is 14.4 Å². The highest BCUT2D eigenvalue weighted by atomic mass is 16.2. The van der Waals surface area contributed by atoms with Crippen LogP contribution in [0.1, 0.15) is 70.8 Å². The van der Waals surface area contributed by atoms with E-state index in [-0.39, 0.29) is 28.6 Å². The van der Waals surface area contributed by atoms with E-state index in [2.05, 4.69) is 24.5 Å². The molecule has 0 saturated heterocycles. The van der Waals surface area contributed by atoms with Gasteiger partial charge < -0.3 is 10.6 Å². The Balaban J connectivity index is 1.14. The zero-order valence-electron chi connectivity index (χ0n) is 21.7. The molecule has 5 heteroatoms. The maximum atomic E-state index is 13.3. The van der Waals surface area contributed by atoms with Gasteiger partial charge >= 0.3 is 0 Å². The minimum absolute atomic E-state index is 0.0506. The molecule has 5 rings (SSSR count). The molecule has 0 bridgehead atoms. The number of ketones is 1. The third-order valence-electron chi connectivity index (χ3n) is 10.2. The summed E-state index contributed by atoms with van der Waals surface area (Å²) in [6.07, 6.45) is 13.5. The second-order valence-corrected chi connectivity index (χ2v) is 12.0. The average Bonchev–Trinajstić information content (AvgIpc) is 3.23. The van der Waals surface area contributed by atoms with E-state index in [1.54, 1.807) is 6.08 Å². The first-order valence-corrected chi connectivity index (χ1v) is 13.8. The van der Waals surface area contributed by atoms with E-state index in [1.165, 1.54) is 11.6 Å². The van der Waals surface area contributed by atoms with Crippen LogP contribution in [0.5, 0.6) is 0 Å². The molecule has 4 aliphatic carbocycles. The minimum Gasteiger partial charge on any atom is -0.354 e. The first-order valence-electron chi connectivity index (χ1n) is 13.8. The number of carbonyl (C=O) groups is 3. The van der Waals surface area contributed by atoms with Crippen LogP contribution >= 0.6 is 0 Å². The number of nitrogens with one attached hydrogen (secondary N) is 2. The second-order valence-electron chi connectivity index (χ2n) is 12.0. The molecule has 5 nitrogen and oxygen atoms in total. The van der Waals surface area contributed by atoms with Gasteiger partial charge in [-0.15, -0.1) is 0 Å². The number of hydrogen-bond donors (Lipinski definition) is 2. The molecule has 1 aromatic carbocycles. The van der Waals surface area contributed by atoms with Gasteiger partial charge in [-0.25, -0.2) is 0 Å². The molecule has 3 fully saturated rings. The lowest BCUT2D eigenvalue weighted by Gasteiger charge is -2.58. The number of hydrogen-bond acceptors (Lipinski definition) is 3. The summed E-state index contributed by atoms with van der Waals surface area (Å²) in [5.74, 6) is 2.25. The van der Waals surface area contributed by atoms with Crippen molar-refractivity contribution in [3.8, 4) is 0 Å². The van der Waals surface area contributed by atoms with E-state index >= 15 is 0 Å². The zero-order chi connectivity index (χ0) is 25.3. The summed E-state index contributed by atoms with van der Waals surface area (Å²) >= 11 is 0. The van der Waals surface area contributed by atoms with Crippen LogP contribution < -0.4 is 10.6 Å². The predicted molar refractivity (Wildman–Crippen MR) is 142 cm³/mol. The molecule has 6 atom stereocenters. The van der Waals surface area contributed by atoms with Gasteiger partial charge in [-0.3, -0.25) is 14.4 Å². The van der Waals surface area contributed by atoms with E-state index < -0.39 is 0 Å². The van der Waals surface area contributed by atoms with Gasteiger partial charge in [-0.05, 0) is 91.2 Å². The summed E-state index contributed by atoms with van der Waals surface area (Å²) in [6, 6.07) is 9.73. The molecule has 0 unspecified atom stereocenters. The Labute approximate surface area is 215 Å². The van der Waals surface area contributed by atoms with Crippen LogP contribution in [0.15, 0.2) is 48.1 Å². The zero-order valence-corrected chi connectivity index (χ0v) is 21.7. The molecule has 0 heterocycles. The first kappa shape index (κ1) is 25.0. The number of benzene rings is 1. The van der Waals surface area contributed by atoms with Gasteiger partial charge in [-0.1, -0.05) is 49.8 Å². The molecular weight excluding hydrogens is 448 g/mol. The van der Waals surface area contributed by atoms with Gasteiger partial charge in [0.25, 0.3) is 0 Å². The minimum atomic E-state index is -0.150. The molecular formula is C31H40N2O3. The topological polar surface area (TPSA) is 75.3 Å². The fraction of sp³-hybridized carbons (Fsp3) is 0.581. The van der Waals surface area contributed by atoms with Crippen molar-refractivity contribution in [3.05, 3.63) is 53.6 Å².